The summed E-state index contributed by atoms with van der Waals surface area (Å²) in [5.74, 6) is 1.95. The highest BCUT2D eigenvalue weighted by Crippen LogP contribution is 2.27. The standard InChI is InChI=1S/C19H40/c1-5-8-10-12-13-15-17-19(18(4)7-3)16-14-11-9-6-2/h18-19H,5-17H2,1-4H3. The Labute approximate surface area is 123 Å². The van der Waals surface area contributed by atoms with Crippen molar-refractivity contribution in [2.45, 2.75) is 111 Å². The highest BCUT2D eigenvalue weighted by molar-refractivity contribution is 4.66. The molecular formula is C19H40. The van der Waals surface area contributed by atoms with Crippen LogP contribution in [0.5, 0.6) is 0 Å². The van der Waals surface area contributed by atoms with Crippen molar-refractivity contribution in [3.8, 4) is 0 Å². The quantitative estimate of drug-likeness (QED) is 0.288. The van der Waals surface area contributed by atoms with Crippen LogP contribution < -0.4 is 0 Å². The van der Waals surface area contributed by atoms with Crippen molar-refractivity contribution in [2.75, 3.05) is 0 Å². The molecule has 0 aliphatic carbocycles. The summed E-state index contributed by atoms with van der Waals surface area (Å²) in [6.07, 6.45) is 18.8. The van der Waals surface area contributed by atoms with Crippen molar-refractivity contribution in [3.05, 3.63) is 0 Å². The van der Waals surface area contributed by atoms with E-state index in [1.807, 2.05) is 0 Å². The van der Waals surface area contributed by atoms with E-state index in [0.717, 1.165) is 11.8 Å². The van der Waals surface area contributed by atoms with Gasteiger partial charge >= 0.3 is 0 Å². The first-order valence-corrected chi connectivity index (χ1v) is 9.26. The summed E-state index contributed by atoms with van der Waals surface area (Å²) < 4.78 is 0. The SMILES string of the molecule is CCCCCCCCC(CCCCCC)C(C)CC. The van der Waals surface area contributed by atoms with E-state index in [4.69, 9.17) is 0 Å². The molecule has 0 aromatic heterocycles. The van der Waals surface area contributed by atoms with Crippen molar-refractivity contribution < 1.29 is 0 Å². The molecule has 0 aromatic rings. The predicted octanol–water partition coefficient (Wildman–Crippen LogP) is 7.37. The molecule has 0 aliphatic heterocycles. The maximum Gasteiger partial charge on any atom is -0.0389 e. The molecule has 2 unspecified atom stereocenters. The van der Waals surface area contributed by atoms with E-state index in [-0.39, 0.29) is 0 Å². The van der Waals surface area contributed by atoms with Gasteiger partial charge in [0.2, 0.25) is 0 Å². The van der Waals surface area contributed by atoms with Gasteiger partial charge in [0.25, 0.3) is 0 Å². The second kappa shape index (κ2) is 14.4. The molecule has 0 nitrogen and oxygen atoms in total. The molecule has 19 heavy (non-hydrogen) atoms. The van der Waals surface area contributed by atoms with Crippen LogP contribution in [0, 0.1) is 11.8 Å². The first-order valence-electron chi connectivity index (χ1n) is 9.26. The van der Waals surface area contributed by atoms with Crippen LogP contribution in [0.15, 0.2) is 0 Å². The van der Waals surface area contributed by atoms with Gasteiger partial charge in [0, 0.05) is 0 Å². The third kappa shape index (κ3) is 11.5. The average Bonchev–Trinajstić information content (AvgIpc) is 2.44. The molecule has 0 aromatic carbocycles. The summed E-state index contributed by atoms with van der Waals surface area (Å²) in [6, 6.07) is 0. The fourth-order valence-electron chi connectivity index (χ4n) is 3.07. The zero-order valence-electron chi connectivity index (χ0n) is 14.3. The minimum Gasteiger partial charge on any atom is -0.0654 e. The Morgan fingerprint density at radius 2 is 1.00 bits per heavy atom. The minimum absolute atomic E-state index is 0.942. The first-order chi connectivity index (χ1) is 9.26. The van der Waals surface area contributed by atoms with E-state index in [9.17, 15) is 0 Å². The van der Waals surface area contributed by atoms with E-state index in [1.54, 1.807) is 0 Å². The highest BCUT2D eigenvalue weighted by Gasteiger charge is 2.14. The lowest BCUT2D eigenvalue weighted by atomic mass is 9.83. The molecule has 0 bridgehead atoms. The Balaban J connectivity index is 3.68. The van der Waals surface area contributed by atoms with Crippen molar-refractivity contribution in [1.29, 1.82) is 0 Å². The number of hydrogen-bond donors (Lipinski definition) is 0. The second-order valence-electron chi connectivity index (χ2n) is 6.55. The molecule has 0 spiro atoms. The molecule has 0 heteroatoms. The van der Waals surface area contributed by atoms with E-state index in [0.29, 0.717) is 0 Å². The van der Waals surface area contributed by atoms with Crippen LogP contribution in [0.4, 0.5) is 0 Å². The number of rotatable bonds is 14. The lowest BCUT2D eigenvalue weighted by Crippen LogP contribution is -2.11. The van der Waals surface area contributed by atoms with Crippen molar-refractivity contribution in [1.82, 2.24) is 0 Å². The molecule has 116 valence electrons. The van der Waals surface area contributed by atoms with E-state index in [1.165, 1.54) is 83.5 Å². The third-order valence-corrected chi connectivity index (χ3v) is 4.81. The van der Waals surface area contributed by atoms with Gasteiger partial charge in [-0.2, -0.15) is 0 Å². The third-order valence-electron chi connectivity index (χ3n) is 4.81. The fourth-order valence-corrected chi connectivity index (χ4v) is 3.07. The van der Waals surface area contributed by atoms with Crippen LogP contribution in [0.2, 0.25) is 0 Å². The number of hydrogen-bond acceptors (Lipinski definition) is 0. The van der Waals surface area contributed by atoms with E-state index < -0.39 is 0 Å². The Hall–Kier alpha value is 0. The zero-order chi connectivity index (χ0) is 14.3. The molecular weight excluding hydrogens is 228 g/mol. The summed E-state index contributed by atoms with van der Waals surface area (Å²) in [5, 5.41) is 0. The minimum atomic E-state index is 0.942. The lowest BCUT2D eigenvalue weighted by Gasteiger charge is -2.23. The summed E-state index contributed by atoms with van der Waals surface area (Å²) in [4.78, 5) is 0. The first kappa shape index (κ1) is 19.0. The molecule has 2 atom stereocenters. The van der Waals surface area contributed by atoms with Gasteiger partial charge in [-0.05, 0) is 11.8 Å². The van der Waals surface area contributed by atoms with Crippen LogP contribution in [-0.4, -0.2) is 0 Å². The van der Waals surface area contributed by atoms with Crippen LogP contribution in [-0.2, 0) is 0 Å². The normalized spacial score (nSPS) is 14.5. The molecule has 0 radical (unpaired) electrons. The lowest BCUT2D eigenvalue weighted by molar-refractivity contribution is 0.288. The van der Waals surface area contributed by atoms with Crippen LogP contribution in [0.3, 0.4) is 0 Å². The highest BCUT2D eigenvalue weighted by atomic mass is 14.2. The van der Waals surface area contributed by atoms with Crippen molar-refractivity contribution in [2.24, 2.45) is 11.8 Å². The molecule has 0 saturated carbocycles. The molecule has 0 aliphatic rings. The molecule has 0 heterocycles. The molecule has 0 fully saturated rings. The zero-order valence-corrected chi connectivity index (χ0v) is 14.3. The summed E-state index contributed by atoms with van der Waals surface area (Å²) in [7, 11) is 0. The van der Waals surface area contributed by atoms with Crippen molar-refractivity contribution >= 4 is 0 Å². The Kier molecular flexibility index (Phi) is 14.4. The van der Waals surface area contributed by atoms with Crippen molar-refractivity contribution in [3.63, 3.8) is 0 Å². The Bertz CT molecular complexity index is 161. The van der Waals surface area contributed by atoms with Gasteiger partial charge in [0.15, 0.2) is 0 Å². The predicted molar refractivity (Wildman–Crippen MR) is 89.7 cm³/mol. The van der Waals surface area contributed by atoms with Gasteiger partial charge in [-0.25, -0.2) is 0 Å². The second-order valence-corrected chi connectivity index (χ2v) is 6.55. The monoisotopic (exact) mass is 268 g/mol. The molecule has 0 rings (SSSR count). The smallest absolute Gasteiger partial charge is 0.0389 e. The largest absolute Gasteiger partial charge is 0.0654 e. The Morgan fingerprint density at radius 1 is 0.579 bits per heavy atom. The summed E-state index contributed by atoms with van der Waals surface area (Å²) >= 11 is 0. The summed E-state index contributed by atoms with van der Waals surface area (Å²) in [6.45, 7) is 9.45. The van der Waals surface area contributed by atoms with E-state index in [2.05, 4.69) is 27.7 Å². The van der Waals surface area contributed by atoms with Crippen LogP contribution in [0.25, 0.3) is 0 Å². The molecule has 0 saturated heterocycles. The van der Waals surface area contributed by atoms with Crippen LogP contribution in [0.1, 0.15) is 111 Å². The average molecular weight is 269 g/mol. The van der Waals surface area contributed by atoms with Gasteiger partial charge in [0.1, 0.15) is 0 Å². The topological polar surface area (TPSA) is 0 Å². The summed E-state index contributed by atoms with van der Waals surface area (Å²) in [5.41, 5.74) is 0. The maximum atomic E-state index is 2.47. The maximum absolute atomic E-state index is 2.47. The molecule has 0 amide bonds. The van der Waals surface area contributed by atoms with Gasteiger partial charge in [0.05, 0.1) is 0 Å². The van der Waals surface area contributed by atoms with Gasteiger partial charge in [-0.3, -0.25) is 0 Å². The fraction of sp³-hybridized carbons (Fsp3) is 1.00. The van der Waals surface area contributed by atoms with Crippen LogP contribution >= 0.6 is 0 Å². The molecule has 0 N–H and O–H groups in total. The van der Waals surface area contributed by atoms with E-state index >= 15 is 0 Å². The van der Waals surface area contributed by atoms with Gasteiger partial charge in [-0.15, -0.1) is 0 Å². The number of unbranched alkanes of at least 4 members (excludes halogenated alkanes) is 8. The Morgan fingerprint density at radius 3 is 1.47 bits per heavy atom. The van der Waals surface area contributed by atoms with Gasteiger partial charge < -0.3 is 0 Å². The van der Waals surface area contributed by atoms with Gasteiger partial charge in [-0.1, -0.05) is 111 Å².